The van der Waals surface area contributed by atoms with Gasteiger partial charge in [-0.25, -0.2) is 0 Å². The van der Waals surface area contributed by atoms with E-state index in [4.69, 9.17) is 4.42 Å². The molecular formula is C32H28O. The van der Waals surface area contributed by atoms with E-state index < -0.39 is 0 Å². The molecule has 0 amide bonds. The van der Waals surface area contributed by atoms with Gasteiger partial charge in [0.25, 0.3) is 0 Å². The molecule has 4 aromatic carbocycles. The second-order valence-electron chi connectivity index (χ2n) is 8.99. The number of rotatable bonds is 4. The number of furan rings is 1. The van der Waals surface area contributed by atoms with Crippen LogP contribution in [0.25, 0.3) is 44.9 Å². The minimum absolute atomic E-state index is 0.914. The van der Waals surface area contributed by atoms with E-state index in [1.807, 2.05) is 0 Å². The molecule has 0 fully saturated rings. The summed E-state index contributed by atoms with van der Waals surface area (Å²) in [6.45, 7) is 8.54. The third kappa shape index (κ3) is 4.15. The lowest BCUT2D eigenvalue weighted by atomic mass is 9.90. The van der Waals surface area contributed by atoms with Crippen molar-refractivity contribution < 1.29 is 4.42 Å². The molecule has 1 heterocycles. The van der Waals surface area contributed by atoms with Gasteiger partial charge in [0.15, 0.2) is 0 Å². The Morgan fingerprint density at radius 2 is 0.697 bits per heavy atom. The molecule has 0 aliphatic carbocycles. The van der Waals surface area contributed by atoms with Gasteiger partial charge in [-0.05, 0) is 51.0 Å². The van der Waals surface area contributed by atoms with Gasteiger partial charge in [0, 0.05) is 22.3 Å². The van der Waals surface area contributed by atoms with Crippen LogP contribution in [-0.2, 0) is 0 Å². The first-order valence-electron chi connectivity index (χ1n) is 11.4. The lowest BCUT2D eigenvalue weighted by Gasteiger charge is -2.10. The molecule has 0 N–H and O–H groups in total. The Balaban J connectivity index is 1.92. The van der Waals surface area contributed by atoms with Crippen molar-refractivity contribution in [3.8, 4) is 44.9 Å². The summed E-state index contributed by atoms with van der Waals surface area (Å²) in [5.74, 6) is 1.83. The van der Waals surface area contributed by atoms with Crippen LogP contribution in [-0.4, -0.2) is 0 Å². The van der Waals surface area contributed by atoms with Crippen molar-refractivity contribution >= 4 is 0 Å². The summed E-state index contributed by atoms with van der Waals surface area (Å²) in [4.78, 5) is 0. The zero-order valence-electron chi connectivity index (χ0n) is 19.6. The maximum Gasteiger partial charge on any atom is 0.143 e. The van der Waals surface area contributed by atoms with Crippen molar-refractivity contribution in [1.82, 2.24) is 0 Å². The first-order valence-corrected chi connectivity index (χ1v) is 11.4. The maximum absolute atomic E-state index is 6.82. The normalized spacial score (nSPS) is 11.0. The largest absolute Gasteiger partial charge is 0.455 e. The van der Waals surface area contributed by atoms with E-state index >= 15 is 0 Å². The zero-order chi connectivity index (χ0) is 22.9. The third-order valence-electron chi connectivity index (χ3n) is 6.08. The monoisotopic (exact) mass is 428 g/mol. The first kappa shape index (κ1) is 21.0. The Morgan fingerprint density at radius 3 is 1.03 bits per heavy atom. The quantitative estimate of drug-likeness (QED) is 0.278. The average Bonchev–Trinajstić information content (AvgIpc) is 3.20. The molecule has 0 bridgehead atoms. The number of benzene rings is 4. The van der Waals surface area contributed by atoms with Crippen LogP contribution in [0.3, 0.4) is 0 Å². The highest BCUT2D eigenvalue weighted by Gasteiger charge is 2.25. The van der Waals surface area contributed by atoms with Crippen LogP contribution in [0.15, 0.2) is 101 Å². The van der Waals surface area contributed by atoms with Crippen molar-refractivity contribution in [2.45, 2.75) is 27.7 Å². The van der Waals surface area contributed by atoms with Crippen LogP contribution in [0.4, 0.5) is 0 Å². The fourth-order valence-corrected chi connectivity index (χ4v) is 4.56. The molecule has 1 aromatic heterocycles. The third-order valence-corrected chi connectivity index (χ3v) is 6.08. The molecule has 0 saturated carbocycles. The SMILES string of the molecule is Cc1cccc(-c2oc(-c3cccc(C)c3)c(-c3cccc(C)c3)c2-c2cccc(C)c2)c1. The van der Waals surface area contributed by atoms with Crippen molar-refractivity contribution in [2.75, 3.05) is 0 Å². The summed E-state index contributed by atoms with van der Waals surface area (Å²) in [6, 6.07) is 34.6. The topological polar surface area (TPSA) is 13.1 Å². The summed E-state index contributed by atoms with van der Waals surface area (Å²) in [5.41, 5.74) is 11.7. The van der Waals surface area contributed by atoms with Gasteiger partial charge in [-0.1, -0.05) is 107 Å². The van der Waals surface area contributed by atoms with Crippen LogP contribution in [0, 0.1) is 27.7 Å². The molecule has 1 heteroatoms. The lowest BCUT2D eigenvalue weighted by Crippen LogP contribution is -1.88. The molecule has 0 spiro atoms. The molecule has 5 aromatic rings. The van der Waals surface area contributed by atoms with Crippen LogP contribution in [0.1, 0.15) is 22.3 Å². The average molecular weight is 429 g/mol. The van der Waals surface area contributed by atoms with Crippen LogP contribution in [0.2, 0.25) is 0 Å². The van der Waals surface area contributed by atoms with E-state index in [0.29, 0.717) is 0 Å². The molecule has 0 saturated heterocycles. The van der Waals surface area contributed by atoms with E-state index in [9.17, 15) is 0 Å². The molecule has 33 heavy (non-hydrogen) atoms. The Labute approximate surface area is 196 Å². The molecule has 0 aliphatic heterocycles. The zero-order valence-corrected chi connectivity index (χ0v) is 19.6. The molecule has 0 aliphatic rings. The predicted molar refractivity (Wildman–Crippen MR) is 139 cm³/mol. The molecule has 1 nitrogen and oxygen atoms in total. The number of aryl methyl sites for hydroxylation is 4. The fraction of sp³-hybridized carbons (Fsp3) is 0.125. The van der Waals surface area contributed by atoms with Crippen molar-refractivity contribution in [3.63, 3.8) is 0 Å². The Morgan fingerprint density at radius 1 is 0.394 bits per heavy atom. The Bertz CT molecular complexity index is 1340. The highest BCUT2D eigenvalue weighted by molar-refractivity contribution is 5.99. The van der Waals surface area contributed by atoms with Gasteiger partial charge in [-0.3, -0.25) is 0 Å². The summed E-state index contributed by atoms with van der Waals surface area (Å²) in [7, 11) is 0. The molecule has 0 atom stereocenters. The Hall–Kier alpha value is -3.84. The maximum atomic E-state index is 6.82. The lowest BCUT2D eigenvalue weighted by molar-refractivity contribution is 0.598. The van der Waals surface area contributed by atoms with E-state index in [0.717, 1.165) is 33.8 Å². The molecular weight excluding hydrogens is 400 g/mol. The minimum atomic E-state index is 0.914. The van der Waals surface area contributed by atoms with Gasteiger partial charge in [-0.2, -0.15) is 0 Å². The van der Waals surface area contributed by atoms with Gasteiger partial charge >= 0.3 is 0 Å². The number of hydrogen-bond donors (Lipinski definition) is 0. The van der Waals surface area contributed by atoms with Crippen LogP contribution >= 0.6 is 0 Å². The van der Waals surface area contributed by atoms with E-state index in [1.54, 1.807) is 0 Å². The first-order chi connectivity index (χ1) is 16.0. The van der Waals surface area contributed by atoms with Gasteiger partial charge in [0.05, 0.1) is 0 Å². The number of hydrogen-bond acceptors (Lipinski definition) is 1. The second kappa shape index (κ2) is 8.60. The molecule has 162 valence electrons. The standard InChI is InChI=1S/C32H28O/c1-21-9-5-13-25(17-21)29-30(26-14-6-10-22(2)18-26)32(28-16-8-12-24(4)20-28)33-31(29)27-15-7-11-23(3)19-27/h5-20H,1-4H3. The highest BCUT2D eigenvalue weighted by atomic mass is 16.3. The summed E-state index contributed by atoms with van der Waals surface area (Å²) >= 11 is 0. The summed E-state index contributed by atoms with van der Waals surface area (Å²) < 4.78 is 6.82. The Kier molecular flexibility index (Phi) is 5.48. The van der Waals surface area contributed by atoms with Gasteiger partial charge in [0.2, 0.25) is 0 Å². The van der Waals surface area contributed by atoms with E-state index in [1.165, 1.54) is 33.4 Å². The summed E-state index contributed by atoms with van der Waals surface area (Å²) in [5, 5.41) is 0. The van der Waals surface area contributed by atoms with Crippen molar-refractivity contribution in [3.05, 3.63) is 119 Å². The van der Waals surface area contributed by atoms with Gasteiger partial charge < -0.3 is 4.42 Å². The molecule has 0 unspecified atom stereocenters. The smallest absolute Gasteiger partial charge is 0.143 e. The van der Waals surface area contributed by atoms with Crippen LogP contribution < -0.4 is 0 Å². The minimum Gasteiger partial charge on any atom is -0.455 e. The highest BCUT2D eigenvalue weighted by Crippen LogP contribution is 2.48. The van der Waals surface area contributed by atoms with Crippen molar-refractivity contribution in [1.29, 1.82) is 0 Å². The van der Waals surface area contributed by atoms with Gasteiger partial charge in [-0.15, -0.1) is 0 Å². The second-order valence-corrected chi connectivity index (χ2v) is 8.99. The van der Waals surface area contributed by atoms with E-state index in [2.05, 4.69) is 125 Å². The molecule has 5 rings (SSSR count). The predicted octanol–water partition coefficient (Wildman–Crippen LogP) is 9.18. The van der Waals surface area contributed by atoms with E-state index in [-0.39, 0.29) is 0 Å². The summed E-state index contributed by atoms with van der Waals surface area (Å²) in [6.07, 6.45) is 0. The van der Waals surface area contributed by atoms with Crippen LogP contribution in [0.5, 0.6) is 0 Å². The fourth-order valence-electron chi connectivity index (χ4n) is 4.56. The van der Waals surface area contributed by atoms with Gasteiger partial charge in [0.1, 0.15) is 11.5 Å². The molecule has 0 radical (unpaired) electrons. The van der Waals surface area contributed by atoms with Crippen molar-refractivity contribution in [2.24, 2.45) is 0 Å².